The first kappa shape index (κ1) is 83.4. The molecular formula is C66H92F3N11O8S9. The molecule has 2 aliphatic carbocycles. The minimum atomic E-state index is -2.79. The molecule has 534 valence electrons. The van der Waals surface area contributed by atoms with Crippen LogP contribution in [0.25, 0.3) is 0 Å². The summed E-state index contributed by atoms with van der Waals surface area (Å²) in [5.74, 6) is -1.42. The summed E-state index contributed by atoms with van der Waals surface area (Å²) in [7, 11) is 7.30. The number of thiazole rings is 9. The molecule has 10 aromatic rings. The van der Waals surface area contributed by atoms with Crippen LogP contribution in [0, 0.1) is 90.0 Å². The van der Waals surface area contributed by atoms with Gasteiger partial charge in [-0.1, -0.05) is 56.7 Å². The number of fused-ring (bicyclic) bond motifs is 1. The number of aromatic nitrogens is 10. The van der Waals surface area contributed by atoms with Crippen molar-refractivity contribution in [1.82, 2.24) is 49.8 Å². The van der Waals surface area contributed by atoms with Gasteiger partial charge in [0.2, 0.25) is 0 Å². The number of methoxy groups -OCH3 is 2. The summed E-state index contributed by atoms with van der Waals surface area (Å²) in [6.07, 6.45) is 20.4. The summed E-state index contributed by atoms with van der Waals surface area (Å²) in [6, 6.07) is 1.93. The van der Waals surface area contributed by atoms with Crippen molar-refractivity contribution < 1.29 is 51.1 Å². The van der Waals surface area contributed by atoms with Gasteiger partial charge in [-0.15, -0.1) is 45.3 Å². The van der Waals surface area contributed by atoms with Crippen LogP contribution in [0.1, 0.15) is 124 Å². The second-order valence-electron chi connectivity index (χ2n) is 22.6. The summed E-state index contributed by atoms with van der Waals surface area (Å²) >= 11 is 14.4. The molecule has 2 saturated carbocycles. The third kappa shape index (κ3) is 36.6. The summed E-state index contributed by atoms with van der Waals surface area (Å²) < 4.78 is 78.9. The molecule has 1 aliphatic heterocycles. The summed E-state index contributed by atoms with van der Waals surface area (Å²) in [5, 5.41) is 7.75. The van der Waals surface area contributed by atoms with Crippen LogP contribution >= 0.6 is 102 Å². The molecule has 0 spiro atoms. The van der Waals surface area contributed by atoms with E-state index in [2.05, 4.69) is 70.6 Å². The van der Waals surface area contributed by atoms with Crippen molar-refractivity contribution in [3.05, 3.63) is 132 Å². The lowest BCUT2D eigenvalue weighted by molar-refractivity contribution is -0.0292. The molecule has 0 atom stereocenters. The maximum Gasteiger partial charge on any atom is 0.278 e. The molecular weight excluding hydrogens is 1420 g/mol. The quantitative estimate of drug-likeness (QED) is 0.105. The monoisotopic (exact) mass is 1510 g/mol. The second kappa shape index (κ2) is 42.8. The number of hydrogen-bond acceptors (Lipinski definition) is 28. The zero-order valence-corrected chi connectivity index (χ0v) is 66.5. The zero-order chi connectivity index (χ0) is 71.8. The third-order valence-electron chi connectivity index (χ3n) is 11.7. The van der Waals surface area contributed by atoms with E-state index in [0.29, 0.717) is 55.0 Å². The van der Waals surface area contributed by atoms with Crippen LogP contribution in [0.5, 0.6) is 37.6 Å². The Balaban J connectivity index is 0.000000230. The van der Waals surface area contributed by atoms with Gasteiger partial charge in [0.1, 0.15) is 36.1 Å². The van der Waals surface area contributed by atoms with Crippen LogP contribution in [0.4, 0.5) is 18.3 Å². The highest BCUT2D eigenvalue weighted by Crippen LogP contribution is 2.39. The maximum absolute atomic E-state index is 13.1. The van der Waals surface area contributed by atoms with E-state index in [-0.39, 0.29) is 12.2 Å². The highest BCUT2D eigenvalue weighted by molar-refractivity contribution is 7.16. The smallest absolute Gasteiger partial charge is 0.278 e. The number of nitrogens with zero attached hydrogens (tertiary/aromatic N) is 11. The highest BCUT2D eigenvalue weighted by Gasteiger charge is 2.42. The average Bonchev–Trinajstić information content (AvgIpc) is 1.75. The molecule has 31 heteroatoms. The Bertz CT molecular complexity index is 3690. The SMILES string of the molecule is COCc1ncc(C)s1.COc1ncc(C)s1.Cc1cnc(C)s1.Cc1cnc(N(C)C)s1.Cc1cnc(OC(C)C)s1.Cc1cnc(OC2CC(C)(F)C2)s1.Cc1cnc(OC2CC2)s1.Cc1cnc(OCC(C)(F)F)s1.Cc1cnc2c(c1)OCCO2.Cc1nc(C)c(C)s1. The molecule has 0 bridgehead atoms. The number of aryl methyl sites for hydroxylation is 13. The molecule has 0 radical (unpaired) electrons. The van der Waals surface area contributed by atoms with Gasteiger partial charge in [-0.2, -0.15) is 0 Å². The molecule has 11 heterocycles. The van der Waals surface area contributed by atoms with Gasteiger partial charge in [0.25, 0.3) is 37.8 Å². The van der Waals surface area contributed by atoms with Crippen molar-refractivity contribution in [3.8, 4) is 37.6 Å². The van der Waals surface area contributed by atoms with Crippen LogP contribution in [-0.2, 0) is 11.3 Å². The van der Waals surface area contributed by atoms with Crippen molar-refractivity contribution in [3.63, 3.8) is 0 Å². The molecule has 0 unspecified atom stereocenters. The van der Waals surface area contributed by atoms with Crippen molar-refractivity contribution >= 4 is 107 Å². The van der Waals surface area contributed by atoms with E-state index in [1.54, 1.807) is 125 Å². The number of halogens is 3. The van der Waals surface area contributed by atoms with Crippen LogP contribution in [-0.4, -0.2) is 128 Å². The predicted octanol–water partition coefficient (Wildman–Crippen LogP) is 19.0. The molecule has 0 N–H and O–H groups in total. The third-order valence-corrected chi connectivity index (χ3v) is 19.6. The number of pyridine rings is 1. The van der Waals surface area contributed by atoms with Gasteiger partial charge in [0.15, 0.2) is 17.5 Å². The molecule has 13 rings (SSSR count). The van der Waals surface area contributed by atoms with E-state index in [4.69, 9.17) is 37.9 Å². The Morgan fingerprint density at radius 1 is 0.557 bits per heavy atom. The van der Waals surface area contributed by atoms with E-state index in [1.807, 2.05) is 139 Å². The first-order valence-corrected chi connectivity index (χ1v) is 38.0. The molecule has 97 heavy (non-hydrogen) atoms. The minimum Gasteiger partial charge on any atom is -0.484 e. The Kier molecular flexibility index (Phi) is 36.8. The van der Waals surface area contributed by atoms with Gasteiger partial charge < -0.3 is 42.8 Å². The Morgan fingerprint density at radius 3 is 1.38 bits per heavy atom. The second-order valence-corrected chi connectivity index (χ2v) is 34.0. The molecule has 2 fully saturated rings. The van der Waals surface area contributed by atoms with Gasteiger partial charge in [0, 0.05) is 141 Å². The zero-order valence-electron chi connectivity index (χ0n) is 59.2. The lowest BCUT2D eigenvalue weighted by Crippen LogP contribution is -2.44. The molecule has 0 aromatic carbocycles. The van der Waals surface area contributed by atoms with Crippen LogP contribution < -0.4 is 38.1 Å². The Labute approximate surface area is 606 Å². The van der Waals surface area contributed by atoms with E-state index in [0.717, 1.165) is 58.7 Å². The van der Waals surface area contributed by atoms with E-state index in [9.17, 15) is 13.2 Å². The lowest BCUT2D eigenvalue weighted by atomic mass is 9.81. The van der Waals surface area contributed by atoms with E-state index >= 15 is 0 Å². The molecule has 3 aliphatic rings. The predicted molar refractivity (Wildman–Crippen MR) is 396 cm³/mol. The fourth-order valence-corrected chi connectivity index (χ4v) is 13.3. The van der Waals surface area contributed by atoms with Crippen molar-refractivity contribution in [1.29, 1.82) is 0 Å². The fraction of sp³-hybridized carbons (Fsp3) is 0.515. The van der Waals surface area contributed by atoms with Gasteiger partial charge >= 0.3 is 0 Å². The van der Waals surface area contributed by atoms with E-state index < -0.39 is 18.2 Å². The Morgan fingerprint density at radius 2 is 1.03 bits per heavy atom. The number of rotatable bonds is 13. The largest absolute Gasteiger partial charge is 0.484 e. The van der Waals surface area contributed by atoms with E-state index in [1.165, 1.54) is 80.4 Å². The van der Waals surface area contributed by atoms with Crippen molar-refractivity contribution in [2.24, 2.45) is 0 Å². The first-order valence-electron chi connectivity index (χ1n) is 30.6. The standard InChI is InChI=1S/C9H12FNOS.C8H9NO2.C7H9F2NOS.C7H9NOS.C7H11NOS.C6H10N2S.C6H9NOS.C6H9NS.C5H7NOS.C5H7NS/c1-6-5-11-8(13-6)12-7-3-9(2,10)4-7;1-6-4-7-8(9-5-6)11-3-2-10-7;1-5-3-10-6(12-5)11-4-7(2,8)9;1-5-4-8-7(10-5)9-6-2-3-6;1-5(2)9-7-8-4-6(3)10-7;1-5-4-7-6(9-5)8(2)3;1-5-3-7-6(9-5)4-8-2;1-4-5(2)8-6(3)7-4;1-4-3-6-5(7-2)8-4;1-4-3-6-5(2)7-4/h5,7H,3-4H2,1-2H3;4-5H,2-3H2,1H3;3H,4H2,1-2H3;4,6H,2-3H2,1H3;4-5H,1-3H3;4H,1-3H3;3H,4H2,1-2H3;1-3H3;3H,1-2H3;3H,1-2H3. The average molecular weight is 1510 g/mol. The van der Waals surface area contributed by atoms with Gasteiger partial charge in [-0.3, -0.25) is 0 Å². The molecule has 0 saturated heterocycles. The van der Waals surface area contributed by atoms with Gasteiger partial charge in [0.05, 0.1) is 35.5 Å². The lowest BCUT2D eigenvalue weighted by Gasteiger charge is -2.37. The van der Waals surface area contributed by atoms with Crippen LogP contribution in [0.3, 0.4) is 0 Å². The maximum atomic E-state index is 13.1. The van der Waals surface area contributed by atoms with Crippen molar-refractivity contribution in [2.45, 2.75) is 180 Å². The summed E-state index contributed by atoms with van der Waals surface area (Å²) in [4.78, 5) is 53.3. The van der Waals surface area contributed by atoms with Gasteiger partial charge in [-0.05, 0) is 135 Å². The molecule has 0 amide bonds. The van der Waals surface area contributed by atoms with Crippen molar-refractivity contribution in [2.75, 3.05) is 53.0 Å². The number of anilines is 1. The summed E-state index contributed by atoms with van der Waals surface area (Å²) in [6.45, 7) is 33.9. The number of hydrogen-bond donors (Lipinski definition) is 0. The molecule has 10 aromatic heterocycles. The minimum absolute atomic E-state index is 0.0283. The van der Waals surface area contributed by atoms with Gasteiger partial charge in [-0.25, -0.2) is 63.0 Å². The highest BCUT2D eigenvalue weighted by atomic mass is 32.1. The topological polar surface area (TPSA) is 206 Å². The first-order chi connectivity index (χ1) is 45.7. The Hall–Kier alpha value is -6.03. The normalized spacial score (nSPS) is 14.4. The van der Waals surface area contributed by atoms with Crippen LogP contribution in [0.2, 0.25) is 0 Å². The number of ether oxygens (including phenoxy) is 8. The summed E-state index contributed by atoms with van der Waals surface area (Å²) in [5.41, 5.74) is 1.25. The van der Waals surface area contributed by atoms with Crippen LogP contribution in [0.15, 0.2) is 61.8 Å². The fourth-order valence-electron chi connectivity index (χ4n) is 7.10. The number of alkyl halides is 3. The molecule has 19 nitrogen and oxygen atoms in total.